The van der Waals surface area contributed by atoms with Crippen LogP contribution in [0.5, 0.6) is 5.75 Å². The Morgan fingerprint density at radius 2 is 2.07 bits per heavy atom. The molecule has 0 spiro atoms. The Hall–Kier alpha value is -2.97. The summed E-state index contributed by atoms with van der Waals surface area (Å²) in [7, 11) is 0. The molecule has 1 aliphatic rings. The summed E-state index contributed by atoms with van der Waals surface area (Å²) in [6.45, 7) is 6.24. The first-order valence-corrected chi connectivity index (χ1v) is 9.95. The van der Waals surface area contributed by atoms with Gasteiger partial charge in [-0.05, 0) is 30.2 Å². The number of amides is 1. The molecule has 1 saturated heterocycles. The molecule has 1 heterocycles. The van der Waals surface area contributed by atoms with Crippen LogP contribution >= 0.6 is 24.0 Å². The fourth-order valence-corrected chi connectivity index (χ4v) is 4.01. The predicted octanol–water partition coefficient (Wildman–Crippen LogP) is 4.87. The van der Waals surface area contributed by atoms with Crippen molar-refractivity contribution in [1.29, 1.82) is 0 Å². The van der Waals surface area contributed by atoms with E-state index < -0.39 is 4.92 Å². The summed E-state index contributed by atoms with van der Waals surface area (Å²) >= 11 is 6.40. The van der Waals surface area contributed by atoms with Crippen LogP contribution < -0.4 is 4.74 Å². The number of thiocarbonyl (C=S) groups is 1. The first-order valence-electron chi connectivity index (χ1n) is 8.72. The number of thioether (sulfide) groups is 1. The minimum atomic E-state index is -0.481. The van der Waals surface area contributed by atoms with Crippen molar-refractivity contribution in [2.75, 3.05) is 6.54 Å². The van der Waals surface area contributed by atoms with E-state index in [1.165, 1.54) is 17.0 Å². The molecular formula is C21H18N2O4S2. The van der Waals surface area contributed by atoms with Crippen molar-refractivity contribution in [3.8, 4) is 5.75 Å². The highest BCUT2D eigenvalue weighted by Gasteiger charge is 2.31. The summed E-state index contributed by atoms with van der Waals surface area (Å²) in [6, 6.07) is 12.1. The molecule has 0 N–H and O–H groups in total. The fourth-order valence-electron chi connectivity index (χ4n) is 2.75. The molecule has 2 aromatic carbocycles. The maximum atomic E-state index is 12.6. The molecule has 29 heavy (non-hydrogen) atoms. The van der Waals surface area contributed by atoms with Gasteiger partial charge in [-0.2, -0.15) is 0 Å². The molecule has 8 heteroatoms. The molecule has 1 aliphatic heterocycles. The zero-order valence-electron chi connectivity index (χ0n) is 15.7. The van der Waals surface area contributed by atoms with Crippen LogP contribution in [-0.2, 0) is 11.4 Å². The molecule has 0 radical (unpaired) electrons. The smallest absolute Gasteiger partial charge is 0.270 e. The molecule has 0 unspecified atom stereocenters. The summed E-state index contributed by atoms with van der Waals surface area (Å²) < 4.78 is 6.36. The van der Waals surface area contributed by atoms with Crippen LogP contribution in [0, 0.1) is 17.0 Å². The number of carbonyl (C=O) groups is 1. The van der Waals surface area contributed by atoms with Gasteiger partial charge >= 0.3 is 0 Å². The number of carbonyl (C=O) groups excluding carboxylic acids is 1. The number of benzene rings is 2. The monoisotopic (exact) mass is 426 g/mol. The van der Waals surface area contributed by atoms with E-state index in [0.717, 1.165) is 22.9 Å². The Morgan fingerprint density at radius 1 is 1.31 bits per heavy atom. The number of nitro benzene ring substituents is 1. The average molecular weight is 427 g/mol. The van der Waals surface area contributed by atoms with Gasteiger partial charge in [-0.1, -0.05) is 54.3 Å². The summed E-state index contributed by atoms with van der Waals surface area (Å²) in [4.78, 5) is 25.1. The summed E-state index contributed by atoms with van der Waals surface area (Å²) in [5.74, 6) is 0.198. The zero-order valence-corrected chi connectivity index (χ0v) is 17.3. The fraction of sp³-hybridized carbons (Fsp3) is 0.143. The molecular weight excluding hydrogens is 408 g/mol. The normalized spacial score (nSPS) is 15.1. The van der Waals surface area contributed by atoms with Crippen LogP contribution in [0.3, 0.4) is 0 Å². The Labute approximate surface area is 178 Å². The van der Waals surface area contributed by atoms with E-state index in [0.29, 0.717) is 33.7 Å². The molecule has 0 saturated carbocycles. The minimum absolute atomic E-state index is 0.0824. The van der Waals surface area contributed by atoms with Crippen LogP contribution in [0.15, 0.2) is 60.0 Å². The van der Waals surface area contributed by atoms with E-state index in [1.807, 2.05) is 31.2 Å². The second-order valence-electron chi connectivity index (χ2n) is 6.28. The van der Waals surface area contributed by atoms with Crippen molar-refractivity contribution >= 4 is 46.0 Å². The number of nitrogens with zero attached hydrogens (tertiary/aromatic N) is 2. The van der Waals surface area contributed by atoms with Gasteiger partial charge in [0.2, 0.25) is 0 Å². The first kappa shape index (κ1) is 20.8. The molecule has 0 aliphatic carbocycles. The van der Waals surface area contributed by atoms with Gasteiger partial charge in [-0.25, -0.2) is 0 Å². The maximum Gasteiger partial charge on any atom is 0.270 e. The third kappa shape index (κ3) is 4.72. The average Bonchev–Trinajstić information content (AvgIpc) is 2.95. The van der Waals surface area contributed by atoms with Gasteiger partial charge in [0.1, 0.15) is 16.7 Å². The highest BCUT2D eigenvalue weighted by molar-refractivity contribution is 8.26. The number of aryl methyl sites for hydroxylation is 1. The van der Waals surface area contributed by atoms with Crippen molar-refractivity contribution in [1.82, 2.24) is 4.90 Å². The Balaban J connectivity index is 1.93. The van der Waals surface area contributed by atoms with E-state index in [1.54, 1.807) is 18.2 Å². The van der Waals surface area contributed by atoms with Crippen LogP contribution in [-0.4, -0.2) is 26.6 Å². The van der Waals surface area contributed by atoms with Gasteiger partial charge in [-0.3, -0.25) is 19.8 Å². The molecule has 0 atom stereocenters. The third-order valence-electron chi connectivity index (χ3n) is 4.32. The molecule has 2 aromatic rings. The second-order valence-corrected chi connectivity index (χ2v) is 7.95. The Morgan fingerprint density at radius 3 is 2.76 bits per heavy atom. The topological polar surface area (TPSA) is 72.7 Å². The van der Waals surface area contributed by atoms with Crippen LogP contribution in [0.1, 0.15) is 16.7 Å². The zero-order chi connectivity index (χ0) is 21.0. The van der Waals surface area contributed by atoms with E-state index in [2.05, 4.69) is 6.58 Å². The van der Waals surface area contributed by atoms with E-state index in [4.69, 9.17) is 17.0 Å². The molecule has 1 fully saturated rings. The quantitative estimate of drug-likeness (QED) is 0.207. The summed E-state index contributed by atoms with van der Waals surface area (Å²) in [5.41, 5.74) is 2.46. The Bertz CT molecular complexity index is 1030. The van der Waals surface area contributed by atoms with Gasteiger partial charge in [0, 0.05) is 24.2 Å². The van der Waals surface area contributed by atoms with Crippen LogP contribution in [0.2, 0.25) is 0 Å². The van der Waals surface area contributed by atoms with Gasteiger partial charge in [-0.15, -0.1) is 6.58 Å². The number of nitro groups is 1. The molecule has 6 nitrogen and oxygen atoms in total. The number of rotatable bonds is 7. The van der Waals surface area contributed by atoms with E-state index in [9.17, 15) is 14.9 Å². The third-order valence-corrected chi connectivity index (χ3v) is 5.70. The number of hydrogen-bond acceptors (Lipinski definition) is 6. The molecule has 0 aromatic heterocycles. The summed E-state index contributed by atoms with van der Waals surface area (Å²) in [6.07, 6.45) is 3.18. The van der Waals surface area contributed by atoms with Crippen molar-refractivity contribution in [3.63, 3.8) is 0 Å². The largest absolute Gasteiger partial charge is 0.488 e. The van der Waals surface area contributed by atoms with Gasteiger partial charge in [0.25, 0.3) is 11.6 Å². The lowest BCUT2D eigenvalue weighted by Gasteiger charge is -2.12. The van der Waals surface area contributed by atoms with Crippen molar-refractivity contribution in [2.45, 2.75) is 13.5 Å². The lowest BCUT2D eigenvalue weighted by atomic mass is 10.1. The highest BCUT2D eigenvalue weighted by Crippen LogP contribution is 2.35. The second kappa shape index (κ2) is 9.02. The summed E-state index contributed by atoms with van der Waals surface area (Å²) in [5, 5.41) is 11.2. The highest BCUT2D eigenvalue weighted by atomic mass is 32.2. The number of ether oxygens (including phenoxy) is 1. The standard InChI is InChI=1S/C21H18N2O4S2/c1-3-10-22-20(24)19(29-21(22)28)12-16-11-17(23(25)26)8-9-18(16)27-13-15-7-5-4-6-14(15)2/h3-9,11-12H,1,10,13H2,2H3/b19-12-. The van der Waals surface area contributed by atoms with Crippen molar-refractivity contribution in [3.05, 3.63) is 86.8 Å². The van der Waals surface area contributed by atoms with E-state index >= 15 is 0 Å². The van der Waals surface area contributed by atoms with Gasteiger partial charge in [0.15, 0.2) is 0 Å². The minimum Gasteiger partial charge on any atom is -0.488 e. The lowest BCUT2D eigenvalue weighted by molar-refractivity contribution is -0.384. The van der Waals surface area contributed by atoms with Crippen molar-refractivity contribution in [2.24, 2.45) is 0 Å². The molecule has 148 valence electrons. The number of hydrogen-bond donors (Lipinski definition) is 0. The first-order chi connectivity index (χ1) is 13.9. The SMILES string of the molecule is C=CCN1C(=O)/C(=C/c2cc([N+](=O)[O-])ccc2OCc2ccccc2C)SC1=S. The molecule has 3 rings (SSSR count). The Kier molecular flexibility index (Phi) is 6.46. The number of non-ortho nitro benzene ring substituents is 1. The van der Waals surface area contributed by atoms with Crippen molar-refractivity contribution < 1.29 is 14.5 Å². The lowest BCUT2D eigenvalue weighted by Crippen LogP contribution is -2.27. The van der Waals surface area contributed by atoms with Gasteiger partial charge in [0.05, 0.1) is 9.83 Å². The molecule has 0 bridgehead atoms. The van der Waals surface area contributed by atoms with Crippen LogP contribution in [0.4, 0.5) is 5.69 Å². The van der Waals surface area contributed by atoms with Crippen LogP contribution in [0.25, 0.3) is 6.08 Å². The van der Waals surface area contributed by atoms with E-state index in [-0.39, 0.29) is 11.6 Å². The predicted molar refractivity (Wildman–Crippen MR) is 119 cm³/mol. The maximum absolute atomic E-state index is 12.6. The van der Waals surface area contributed by atoms with Gasteiger partial charge < -0.3 is 4.74 Å². The molecule has 1 amide bonds.